The molecule has 0 radical (unpaired) electrons. The highest BCUT2D eigenvalue weighted by molar-refractivity contribution is 6.32. The standard InChI is InChI=1S/C29H28ClN5O2/c1-17(2)27-18(3)35(25-13-12-20(29(31)37)14-23(25)30)33-28(27)21-10-7-11-24-22(21)15-34(32-24)16-26(36)19-8-5-4-6-9-19/h4-15,17,26,36H,16H2,1-3H3,(H2,31,37). The number of hydrogen-bond acceptors (Lipinski definition) is 4. The van der Waals surface area contributed by atoms with Crippen LogP contribution in [0.3, 0.4) is 0 Å². The second kappa shape index (κ2) is 9.84. The number of halogens is 1. The van der Waals surface area contributed by atoms with Crippen molar-refractivity contribution < 1.29 is 9.90 Å². The van der Waals surface area contributed by atoms with Crippen LogP contribution in [0.25, 0.3) is 27.8 Å². The third-order valence-electron chi connectivity index (χ3n) is 6.60. The third-order valence-corrected chi connectivity index (χ3v) is 6.90. The highest BCUT2D eigenvalue weighted by atomic mass is 35.5. The maximum absolute atomic E-state index is 11.6. The fourth-order valence-electron chi connectivity index (χ4n) is 4.82. The van der Waals surface area contributed by atoms with Crippen molar-refractivity contribution in [2.45, 2.75) is 39.3 Å². The van der Waals surface area contributed by atoms with Gasteiger partial charge in [0.1, 0.15) is 0 Å². The minimum atomic E-state index is -0.669. The first-order chi connectivity index (χ1) is 17.7. The smallest absolute Gasteiger partial charge is 0.248 e. The number of benzene rings is 3. The molecule has 3 aromatic carbocycles. The predicted molar refractivity (Wildman–Crippen MR) is 146 cm³/mol. The molecule has 3 N–H and O–H groups in total. The van der Waals surface area contributed by atoms with Crippen LogP contribution in [0.15, 0.2) is 72.9 Å². The first-order valence-electron chi connectivity index (χ1n) is 12.1. The fourth-order valence-corrected chi connectivity index (χ4v) is 5.08. The van der Waals surface area contributed by atoms with Gasteiger partial charge in [-0.05, 0) is 42.7 Å². The van der Waals surface area contributed by atoms with Crippen molar-refractivity contribution in [2.24, 2.45) is 5.73 Å². The molecular formula is C29H28ClN5O2. The van der Waals surface area contributed by atoms with E-state index < -0.39 is 12.0 Å². The number of aliphatic hydroxyl groups is 1. The van der Waals surface area contributed by atoms with Crippen LogP contribution in [-0.2, 0) is 6.54 Å². The van der Waals surface area contributed by atoms with Crippen LogP contribution in [-0.4, -0.2) is 30.6 Å². The van der Waals surface area contributed by atoms with E-state index in [9.17, 15) is 9.90 Å². The summed E-state index contributed by atoms with van der Waals surface area (Å²) in [6.07, 6.45) is 1.29. The lowest BCUT2D eigenvalue weighted by Crippen LogP contribution is -2.11. The molecule has 5 rings (SSSR count). The number of aliphatic hydroxyl groups excluding tert-OH is 1. The molecule has 0 fully saturated rings. The lowest BCUT2D eigenvalue weighted by atomic mass is 9.95. The van der Waals surface area contributed by atoms with Crippen LogP contribution >= 0.6 is 11.6 Å². The van der Waals surface area contributed by atoms with Crippen molar-refractivity contribution in [3.05, 3.63) is 100 Å². The maximum atomic E-state index is 11.6. The molecule has 0 spiro atoms. The van der Waals surface area contributed by atoms with E-state index in [4.69, 9.17) is 27.5 Å². The normalized spacial score (nSPS) is 12.4. The summed E-state index contributed by atoms with van der Waals surface area (Å²) >= 11 is 6.56. The van der Waals surface area contributed by atoms with Crippen LogP contribution in [0, 0.1) is 6.92 Å². The molecule has 5 aromatic rings. The summed E-state index contributed by atoms with van der Waals surface area (Å²) in [5.74, 6) is -0.340. The molecule has 188 valence electrons. The zero-order chi connectivity index (χ0) is 26.3. The zero-order valence-corrected chi connectivity index (χ0v) is 21.6. The zero-order valence-electron chi connectivity index (χ0n) is 20.9. The number of hydrogen-bond donors (Lipinski definition) is 2. The minimum Gasteiger partial charge on any atom is -0.386 e. The highest BCUT2D eigenvalue weighted by Gasteiger charge is 2.23. The lowest BCUT2D eigenvalue weighted by molar-refractivity contribution is 0.1000. The Kier molecular flexibility index (Phi) is 6.58. The number of carbonyl (C=O) groups is 1. The number of aromatic nitrogens is 4. The van der Waals surface area contributed by atoms with Crippen LogP contribution in [0.4, 0.5) is 0 Å². The summed E-state index contributed by atoms with van der Waals surface area (Å²) in [6, 6.07) is 20.5. The van der Waals surface area contributed by atoms with Crippen molar-refractivity contribution in [3.63, 3.8) is 0 Å². The van der Waals surface area contributed by atoms with Gasteiger partial charge in [0.15, 0.2) is 0 Å². The first-order valence-corrected chi connectivity index (χ1v) is 12.5. The van der Waals surface area contributed by atoms with Crippen molar-refractivity contribution in [1.82, 2.24) is 19.6 Å². The van der Waals surface area contributed by atoms with E-state index in [2.05, 4.69) is 13.8 Å². The largest absolute Gasteiger partial charge is 0.386 e. The van der Waals surface area contributed by atoms with Gasteiger partial charge in [-0.1, -0.05) is 67.9 Å². The summed E-state index contributed by atoms with van der Waals surface area (Å²) in [5, 5.41) is 21.8. The van der Waals surface area contributed by atoms with Gasteiger partial charge < -0.3 is 10.8 Å². The van der Waals surface area contributed by atoms with Crippen LogP contribution in [0.5, 0.6) is 0 Å². The van der Waals surface area contributed by atoms with E-state index in [-0.39, 0.29) is 5.92 Å². The summed E-state index contributed by atoms with van der Waals surface area (Å²) in [7, 11) is 0. The molecule has 0 saturated carbocycles. The van der Waals surface area contributed by atoms with Gasteiger partial charge >= 0.3 is 0 Å². The molecule has 7 nitrogen and oxygen atoms in total. The molecule has 1 amide bonds. The van der Waals surface area contributed by atoms with Crippen molar-refractivity contribution in [1.29, 1.82) is 0 Å². The van der Waals surface area contributed by atoms with Crippen molar-refractivity contribution in [3.8, 4) is 16.9 Å². The number of nitrogens with zero attached hydrogens (tertiary/aromatic N) is 4. The molecule has 0 saturated heterocycles. The Labute approximate surface area is 220 Å². The quantitative estimate of drug-likeness (QED) is 0.287. The highest BCUT2D eigenvalue weighted by Crippen LogP contribution is 2.37. The molecule has 2 aromatic heterocycles. The predicted octanol–water partition coefficient (Wildman–Crippen LogP) is 5.81. The van der Waals surface area contributed by atoms with Crippen LogP contribution < -0.4 is 5.73 Å². The van der Waals surface area contributed by atoms with Gasteiger partial charge in [0.25, 0.3) is 0 Å². The van der Waals surface area contributed by atoms with Gasteiger partial charge in [-0.3, -0.25) is 9.48 Å². The average Bonchev–Trinajstić information content (AvgIpc) is 3.44. The Morgan fingerprint density at radius 2 is 1.81 bits per heavy atom. The van der Waals surface area contributed by atoms with Gasteiger partial charge in [0, 0.05) is 34.0 Å². The van der Waals surface area contributed by atoms with Crippen molar-refractivity contribution >= 4 is 28.4 Å². The average molecular weight is 514 g/mol. The van der Waals surface area contributed by atoms with E-state index in [1.54, 1.807) is 22.9 Å². The molecule has 0 bridgehead atoms. The topological polar surface area (TPSA) is 99.0 Å². The molecule has 0 aliphatic heterocycles. The number of nitrogens with two attached hydrogens (primary N) is 1. The number of primary amides is 1. The fraction of sp³-hybridized carbons (Fsp3) is 0.207. The Balaban J connectivity index is 1.60. The Morgan fingerprint density at radius 3 is 2.49 bits per heavy atom. The summed E-state index contributed by atoms with van der Waals surface area (Å²) in [6.45, 7) is 6.62. The van der Waals surface area contributed by atoms with E-state index >= 15 is 0 Å². The second-order valence-electron chi connectivity index (χ2n) is 9.46. The molecule has 37 heavy (non-hydrogen) atoms. The Morgan fingerprint density at radius 1 is 1.05 bits per heavy atom. The monoisotopic (exact) mass is 513 g/mol. The molecule has 0 aliphatic rings. The van der Waals surface area contributed by atoms with Crippen molar-refractivity contribution in [2.75, 3.05) is 0 Å². The molecular weight excluding hydrogens is 486 g/mol. The SMILES string of the molecule is Cc1c(C(C)C)c(-c2cccc3nn(CC(O)c4ccccc4)cc23)nn1-c1ccc(C(N)=O)cc1Cl. The van der Waals surface area contributed by atoms with Gasteiger partial charge in [0.05, 0.1) is 34.6 Å². The lowest BCUT2D eigenvalue weighted by Gasteiger charge is -2.10. The number of amides is 1. The number of rotatable bonds is 7. The first kappa shape index (κ1) is 24.7. The number of fused-ring (bicyclic) bond motifs is 1. The number of carbonyl (C=O) groups excluding carboxylic acids is 1. The van der Waals surface area contributed by atoms with Crippen LogP contribution in [0.2, 0.25) is 5.02 Å². The van der Waals surface area contributed by atoms with E-state index in [1.807, 2.05) is 66.3 Å². The molecule has 0 aliphatic carbocycles. The minimum absolute atomic E-state index is 0.192. The van der Waals surface area contributed by atoms with E-state index in [0.717, 1.165) is 39.0 Å². The third kappa shape index (κ3) is 4.63. The van der Waals surface area contributed by atoms with Gasteiger partial charge in [0.2, 0.25) is 5.91 Å². The van der Waals surface area contributed by atoms with Gasteiger partial charge in [-0.15, -0.1) is 0 Å². The molecule has 1 atom stereocenters. The molecule has 8 heteroatoms. The van der Waals surface area contributed by atoms with E-state index in [1.165, 1.54) is 0 Å². The van der Waals surface area contributed by atoms with E-state index in [0.29, 0.717) is 22.8 Å². The van der Waals surface area contributed by atoms with Crippen LogP contribution in [0.1, 0.15) is 53.0 Å². The molecule has 2 heterocycles. The molecule has 1 unspecified atom stereocenters. The summed E-state index contributed by atoms with van der Waals surface area (Å²) in [5.41, 5.74) is 12.0. The summed E-state index contributed by atoms with van der Waals surface area (Å²) < 4.78 is 3.60. The maximum Gasteiger partial charge on any atom is 0.248 e. The second-order valence-corrected chi connectivity index (χ2v) is 9.87. The van der Waals surface area contributed by atoms with Gasteiger partial charge in [-0.2, -0.15) is 10.2 Å². The Hall–Kier alpha value is -3.94. The Bertz CT molecular complexity index is 1600. The van der Waals surface area contributed by atoms with Gasteiger partial charge in [-0.25, -0.2) is 4.68 Å². The summed E-state index contributed by atoms with van der Waals surface area (Å²) in [4.78, 5) is 11.6.